The van der Waals surface area contributed by atoms with Crippen LogP contribution in [0.3, 0.4) is 0 Å². The van der Waals surface area contributed by atoms with Gasteiger partial charge in [0.15, 0.2) is 0 Å². The second-order valence-electron chi connectivity index (χ2n) is 8.57. The third kappa shape index (κ3) is 2.27. The van der Waals surface area contributed by atoms with E-state index in [1.807, 2.05) is 18.2 Å². The molecule has 1 aliphatic heterocycles. The Hall–Kier alpha value is -1.84. The minimum Gasteiger partial charge on any atom is -0.326 e. The highest BCUT2D eigenvalue weighted by atomic mass is 16.2. The molecule has 1 heterocycles. The highest BCUT2D eigenvalue weighted by Crippen LogP contribution is 2.60. The molecule has 0 spiro atoms. The Kier molecular flexibility index (Phi) is 3.07. The quantitative estimate of drug-likeness (QED) is 0.871. The number of hydrogen-bond donors (Lipinski definition) is 2. The first-order valence-electron chi connectivity index (χ1n) is 9.34. The van der Waals surface area contributed by atoms with Gasteiger partial charge in [-0.3, -0.25) is 9.59 Å². The largest absolute Gasteiger partial charge is 0.326 e. The van der Waals surface area contributed by atoms with E-state index in [-0.39, 0.29) is 17.2 Å². The van der Waals surface area contributed by atoms with Crippen LogP contribution in [-0.4, -0.2) is 11.8 Å². The fourth-order valence-electron chi connectivity index (χ4n) is 6.11. The van der Waals surface area contributed by atoms with E-state index in [9.17, 15) is 9.59 Å². The Balaban J connectivity index is 1.36. The summed E-state index contributed by atoms with van der Waals surface area (Å²) in [5.41, 5.74) is 2.78. The Morgan fingerprint density at radius 1 is 1.04 bits per heavy atom. The van der Waals surface area contributed by atoms with E-state index in [2.05, 4.69) is 10.6 Å². The summed E-state index contributed by atoms with van der Waals surface area (Å²) in [5.74, 6) is 2.65. The molecule has 4 fully saturated rings. The highest BCUT2D eigenvalue weighted by Gasteiger charge is 2.54. The second-order valence-corrected chi connectivity index (χ2v) is 8.57. The smallest absolute Gasteiger partial charge is 0.230 e. The number of fused-ring (bicyclic) bond motifs is 1. The number of hydrogen-bond acceptors (Lipinski definition) is 2. The van der Waals surface area contributed by atoms with Crippen LogP contribution >= 0.6 is 0 Å². The molecule has 0 unspecified atom stereocenters. The van der Waals surface area contributed by atoms with Gasteiger partial charge in [0.25, 0.3) is 0 Å². The van der Waals surface area contributed by atoms with Crippen LogP contribution in [0.1, 0.15) is 50.5 Å². The molecule has 4 heteroatoms. The molecule has 6 rings (SSSR count). The first-order chi connectivity index (χ1) is 11.6. The molecule has 0 radical (unpaired) electrons. The summed E-state index contributed by atoms with van der Waals surface area (Å²) in [4.78, 5) is 24.6. The Morgan fingerprint density at radius 3 is 2.38 bits per heavy atom. The monoisotopic (exact) mass is 324 g/mol. The van der Waals surface area contributed by atoms with Crippen molar-refractivity contribution in [1.29, 1.82) is 0 Å². The molecule has 0 saturated heterocycles. The molecule has 2 amide bonds. The molecule has 1 aromatic carbocycles. The van der Waals surface area contributed by atoms with E-state index in [1.54, 1.807) is 0 Å². The van der Waals surface area contributed by atoms with Gasteiger partial charge in [-0.15, -0.1) is 0 Å². The molecule has 4 saturated carbocycles. The van der Waals surface area contributed by atoms with Crippen molar-refractivity contribution in [3.05, 3.63) is 23.8 Å². The first-order valence-corrected chi connectivity index (χ1v) is 9.34. The molecule has 4 bridgehead atoms. The van der Waals surface area contributed by atoms with Gasteiger partial charge in [-0.1, -0.05) is 0 Å². The minimum atomic E-state index is -0.112. The molecule has 0 aromatic heterocycles. The van der Waals surface area contributed by atoms with Gasteiger partial charge in [0, 0.05) is 17.8 Å². The van der Waals surface area contributed by atoms with Gasteiger partial charge < -0.3 is 10.6 Å². The zero-order valence-electron chi connectivity index (χ0n) is 13.9. The van der Waals surface area contributed by atoms with Crippen molar-refractivity contribution in [2.45, 2.75) is 51.4 Å². The molecule has 2 N–H and O–H groups in total. The lowest BCUT2D eigenvalue weighted by atomic mass is 9.49. The number of aryl methyl sites for hydroxylation is 1. The summed E-state index contributed by atoms with van der Waals surface area (Å²) in [7, 11) is 0. The lowest BCUT2D eigenvalue weighted by Crippen LogP contribution is -2.51. The fourth-order valence-corrected chi connectivity index (χ4v) is 6.11. The van der Waals surface area contributed by atoms with Gasteiger partial charge in [0.05, 0.1) is 5.41 Å². The summed E-state index contributed by atoms with van der Waals surface area (Å²) in [6, 6.07) is 5.87. The predicted octanol–water partition coefficient (Wildman–Crippen LogP) is 3.73. The number of nitrogens with one attached hydrogen (secondary N) is 2. The van der Waals surface area contributed by atoms with E-state index in [4.69, 9.17) is 0 Å². The Labute approximate surface area is 142 Å². The maximum Gasteiger partial charge on any atom is 0.230 e. The Bertz CT molecular complexity index is 689. The summed E-state index contributed by atoms with van der Waals surface area (Å²) < 4.78 is 0. The van der Waals surface area contributed by atoms with Crippen molar-refractivity contribution in [3.8, 4) is 0 Å². The van der Waals surface area contributed by atoms with Crippen LogP contribution in [0.5, 0.6) is 0 Å². The molecule has 0 atom stereocenters. The van der Waals surface area contributed by atoms with Gasteiger partial charge in [0.1, 0.15) is 0 Å². The van der Waals surface area contributed by atoms with Crippen LogP contribution in [0, 0.1) is 23.2 Å². The van der Waals surface area contributed by atoms with Crippen LogP contribution in [0.25, 0.3) is 0 Å². The second kappa shape index (κ2) is 5.08. The SMILES string of the molecule is O=C1CCc2cc(NC(=O)C34CC5CC(CC(C5)C3)C4)ccc2N1. The summed E-state index contributed by atoms with van der Waals surface area (Å²) in [6.07, 6.45) is 8.60. The zero-order valence-corrected chi connectivity index (χ0v) is 13.9. The number of rotatable bonds is 2. The molecular weight excluding hydrogens is 300 g/mol. The van der Waals surface area contributed by atoms with Crippen molar-refractivity contribution in [2.24, 2.45) is 23.2 Å². The van der Waals surface area contributed by atoms with Crippen LogP contribution in [-0.2, 0) is 16.0 Å². The number of carbonyl (C=O) groups is 2. The van der Waals surface area contributed by atoms with Crippen molar-refractivity contribution >= 4 is 23.2 Å². The third-order valence-corrected chi connectivity index (χ3v) is 6.78. The van der Waals surface area contributed by atoms with Gasteiger partial charge in [-0.05, 0) is 86.5 Å². The van der Waals surface area contributed by atoms with E-state index in [0.29, 0.717) is 6.42 Å². The van der Waals surface area contributed by atoms with Crippen LogP contribution in [0.2, 0.25) is 0 Å². The Morgan fingerprint density at radius 2 is 1.71 bits per heavy atom. The van der Waals surface area contributed by atoms with E-state index < -0.39 is 0 Å². The molecule has 4 nitrogen and oxygen atoms in total. The fraction of sp³-hybridized carbons (Fsp3) is 0.600. The van der Waals surface area contributed by atoms with Gasteiger partial charge in [-0.25, -0.2) is 0 Å². The van der Waals surface area contributed by atoms with Crippen molar-refractivity contribution in [2.75, 3.05) is 10.6 Å². The van der Waals surface area contributed by atoms with E-state index in [0.717, 1.165) is 60.4 Å². The van der Waals surface area contributed by atoms with Gasteiger partial charge in [-0.2, -0.15) is 0 Å². The average Bonchev–Trinajstić information content (AvgIpc) is 2.54. The van der Waals surface area contributed by atoms with Crippen LogP contribution < -0.4 is 10.6 Å². The van der Waals surface area contributed by atoms with Crippen LogP contribution in [0.15, 0.2) is 18.2 Å². The van der Waals surface area contributed by atoms with Gasteiger partial charge >= 0.3 is 0 Å². The summed E-state index contributed by atoms with van der Waals surface area (Å²) in [5, 5.41) is 6.11. The molecule has 5 aliphatic rings. The normalized spacial score (nSPS) is 36.2. The third-order valence-electron chi connectivity index (χ3n) is 6.78. The number of amides is 2. The average molecular weight is 324 g/mol. The topological polar surface area (TPSA) is 58.2 Å². The summed E-state index contributed by atoms with van der Waals surface area (Å²) >= 11 is 0. The molecule has 24 heavy (non-hydrogen) atoms. The predicted molar refractivity (Wildman–Crippen MR) is 92.6 cm³/mol. The van der Waals surface area contributed by atoms with Crippen molar-refractivity contribution in [1.82, 2.24) is 0 Å². The number of benzene rings is 1. The minimum absolute atomic E-state index is 0.0767. The molecular formula is C20H24N2O2. The lowest BCUT2D eigenvalue weighted by Gasteiger charge is -2.55. The summed E-state index contributed by atoms with van der Waals surface area (Å²) in [6.45, 7) is 0. The molecule has 1 aromatic rings. The highest BCUT2D eigenvalue weighted by molar-refractivity contribution is 5.97. The molecule has 126 valence electrons. The number of anilines is 2. The lowest BCUT2D eigenvalue weighted by molar-refractivity contribution is -0.140. The van der Waals surface area contributed by atoms with Crippen molar-refractivity contribution in [3.63, 3.8) is 0 Å². The maximum atomic E-state index is 13.1. The van der Waals surface area contributed by atoms with E-state index >= 15 is 0 Å². The first kappa shape index (κ1) is 14.5. The van der Waals surface area contributed by atoms with Crippen molar-refractivity contribution < 1.29 is 9.59 Å². The standard InChI is InChI=1S/C20H24N2O2/c23-18-4-1-15-8-16(2-3-17(15)22-18)21-19(24)20-9-12-5-13(10-20)7-14(6-12)11-20/h2-3,8,12-14H,1,4-7,9-11H2,(H,21,24)(H,22,23). The van der Waals surface area contributed by atoms with Crippen LogP contribution in [0.4, 0.5) is 11.4 Å². The van der Waals surface area contributed by atoms with E-state index in [1.165, 1.54) is 19.3 Å². The maximum absolute atomic E-state index is 13.1. The molecule has 4 aliphatic carbocycles. The number of carbonyl (C=O) groups excluding carboxylic acids is 2. The zero-order chi connectivity index (χ0) is 16.3. The van der Waals surface area contributed by atoms with Gasteiger partial charge in [0.2, 0.25) is 11.8 Å².